The Bertz CT molecular complexity index is 141. The molecule has 1 heterocycles. The molecular formula is C12H26N2. The standard InChI is InChI=1S/C12H26N2/c1-4-7-11(3)14(5-2)10-12-8-6-9-13-12/h11-13H,4-10H2,1-3H3. The zero-order chi connectivity index (χ0) is 10.4. The summed E-state index contributed by atoms with van der Waals surface area (Å²) >= 11 is 0. The van der Waals surface area contributed by atoms with Crippen LogP contribution in [-0.4, -0.2) is 36.6 Å². The lowest BCUT2D eigenvalue weighted by atomic mass is 10.1. The maximum Gasteiger partial charge on any atom is 0.0195 e. The molecule has 1 aliphatic heterocycles. The second-order valence-electron chi connectivity index (χ2n) is 4.52. The van der Waals surface area contributed by atoms with Crippen molar-refractivity contribution < 1.29 is 0 Å². The van der Waals surface area contributed by atoms with Crippen LogP contribution in [0.5, 0.6) is 0 Å². The van der Waals surface area contributed by atoms with Gasteiger partial charge in [0.15, 0.2) is 0 Å². The van der Waals surface area contributed by atoms with E-state index in [1.54, 1.807) is 0 Å². The molecule has 0 aromatic rings. The summed E-state index contributed by atoms with van der Waals surface area (Å²) < 4.78 is 0. The van der Waals surface area contributed by atoms with Crippen molar-refractivity contribution >= 4 is 0 Å². The van der Waals surface area contributed by atoms with Crippen molar-refractivity contribution in [1.82, 2.24) is 10.2 Å². The number of hydrogen-bond acceptors (Lipinski definition) is 2. The first-order chi connectivity index (χ1) is 6.77. The molecule has 0 aliphatic carbocycles. The molecule has 14 heavy (non-hydrogen) atoms. The highest BCUT2D eigenvalue weighted by Gasteiger charge is 2.19. The maximum atomic E-state index is 3.58. The lowest BCUT2D eigenvalue weighted by molar-refractivity contribution is 0.191. The Balaban J connectivity index is 2.29. The summed E-state index contributed by atoms with van der Waals surface area (Å²) in [5.41, 5.74) is 0. The zero-order valence-electron chi connectivity index (χ0n) is 10.1. The van der Waals surface area contributed by atoms with E-state index in [1.807, 2.05) is 0 Å². The van der Waals surface area contributed by atoms with E-state index < -0.39 is 0 Å². The highest BCUT2D eigenvalue weighted by molar-refractivity contribution is 4.79. The molecule has 1 aliphatic rings. The Morgan fingerprint density at radius 3 is 2.71 bits per heavy atom. The molecule has 0 aromatic heterocycles. The first-order valence-electron chi connectivity index (χ1n) is 6.25. The minimum atomic E-state index is 0.757. The first kappa shape index (κ1) is 12.0. The van der Waals surface area contributed by atoms with Gasteiger partial charge in [-0.25, -0.2) is 0 Å². The summed E-state index contributed by atoms with van der Waals surface area (Å²) in [6, 6.07) is 1.52. The van der Waals surface area contributed by atoms with Gasteiger partial charge in [-0.3, -0.25) is 4.90 Å². The molecule has 0 bridgehead atoms. The van der Waals surface area contributed by atoms with Crippen LogP contribution < -0.4 is 5.32 Å². The Morgan fingerprint density at radius 2 is 2.21 bits per heavy atom. The molecule has 2 nitrogen and oxygen atoms in total. The van der Waals surface area contributed by atoms with Gasteiger partial charge in [0.2, 0.25) is 0 Å². The highest BCUT2D eigenvalue weighted by Crippen LogP contribution is 2.11. The minimum absolute atomic E-state index is 0.757. The minimum Gasteiger partial charge on any atom is -0.313 e. The number of nitrogens with one attached hydrogen (secondary N) is 1. The summed E-state index contributed by atoms with van der Waals surface area (Å²) in [5, 5.41) is 3.58. The van der Waals surface area contributed by atoms with Crippen LogP contribution in [0.25, 0.3) is 0 Å². The van der Waals surface area contributed by atoms with E-state index in [2.05, 4.69) is 31.0 Å². The largest absolute Gasteiger partial charge is 0.313 e. The predicted molar refractivity (Wildman–Crippen MR) is 62.6 cm³/mol. The summed E-state index contributed by atoms with van der Waals surface area (Å²) in [5.74, 6) is 0. The third-order valence-electron chi connectivity index (χ3n) is 3.35. The van der Waals surface area contributed by atoms with Crippen LogP contribution in [0.3, 0.4) is 0 Å². The molecule has 0 spiro atoms. The molecule has 0 aromatic carbocycles. The summed E-state index contributed by atoms with van der Waals surface area (Å²) in [6.07, 6.45) is 5.37. The SMILES string of the molecule is CCCC(C)N(CC)CC1CCCN1. The second-order valence-corrected chi connectivity index (χ2v) is 4.52. The summed E-state index contributed by atoms with van der Waals surface area (Å²) in [7, 11) is 0. The predicted octanol–water partition coefficient (Wildman–Crippen LogP) is 2.25. The molecule has 1 rings (SSSR count). The van der Waals surface area contributed by atoms with E-state index in [0.29, 0.717) is 0 Å². The van der Waals surface area contributed by atoms with Gasteiger partial charge in [-0.05, 0) is 39.3 Å². The van der Waals surface area contributed by atoms with Gasteiger partial charge in [0.1, 0.15) is 0 Å². The lowest BCUT2D eigenvalue weighted by Gasteiger charge is -2.30. The summed E-state index contributed by atoms with van der Waals surface area (Å²) in [6.45, 7) is 10.6. The van der Waals surface area contributed by atoms with Gasteiger partial charge in [-0.2, -0.15) is 0 Å². The smallest absolute Gasteiger partial charge is 0.0195 e. The molecule has 0 amide bonds. The molecule has 2 atom stereocenters. The van der Waals surface area contributed by atoms with Crippen LogP contribution in [-0.2, 0) is 0 Å². The van der Waals surface area contributed by atoms with E-state index in [9.17, 15) is 0 Å². The van der Waals surface area contributed by atoms with Crippen molar-refractivity contribution in [3.8, 4) is 0 Å². The van der Waals surface area contributed by atoms with Gasteiger partial charge in [-0.15, -0.1) is 0 Å². The van der Waals surface area contributed by atoms with Crippen LogP contribution in [0, 0.1) is 0 Å². The van der Waals surface area contributed by atoms with Gasteiger partial charge in [0.05, 0.1) is 0 Å². The van der Waals surface area contributed by atoms with E-state index in [0.717, 1.165) is 12.1 Å². The Hall–Kier alpha value is -0.0800. The third kappa shape index (κ3) is 3.58. The number of likely N-dealkylation sites (N-methyl/N-ethyl adjacent to an activating group) is 1. The zero-order valence-corrected chi connectivity index (χ0v) is 10.1. The normalized spacial score (nSPS) is 24.4. The molecule has 0 radical (unpaired) electrons. The van der Waals surface area contributed by atoms with Crippen molar-refractivity contribution in [2.24, 2.45) is 0 Å². The maximum absolute atomic E-state index is 3.58. The van der Waals surface area contributed by atoms with Crippen molar-refractivity contribution in [3.63, 3.8) is 0 Å². The fourth-order valence-electron chi connectivity index (χ4n) is 2.42. The van der Waals surface area contributed by atoms with Crippen LogP contribution in [0.15, 0.2) is 0 Å². The third-order valence-corrected chi connectivity index (χ3v) is 3.35. The van der Waals surface area contributed by atoms with E-state index in [4.69, 9.17) is 0 Å². The van der Waals surface area contributed by atoms with Crippen molar-refractivity contribution in [3.05, 3.63) is 0 Å². The van der Waals surface area contributed by atoms with Crippen LogP contribution in [0.2, 0.25) is 0 Å². The molecule has 84 valence electrons. The molecule has 1 fully saturated rings. The second kappa shape index (κ2) is 6.41. The average molecular weight is 198 g/mol. The fourth-order valence-corrected chi connectivity index (χ4v) is 2.42. The van der Waals surface area contributed by atoms with Crippen molar-refractivity contribution in [1.29, 1.82) is 0 Å². The van der Waals surface area contributed by atoms with E-state index in [-0.39, 0.29) is 0 Å². The molecular weight excluding hydrogens is 172 g/mol. The molecule has 2 unspecified atom stereocenters. The molecule has 1 saturated heterocycles. The van der Waals surface area contributed by atoms with E-state index >= 15 is 0 Å². The van der Waals surface area contributed by atoms with Crippen molar-refractivity contribution in [2.45, 2.75) is 58.5 Å². The van der Waals surface area contributed by atoms with Crippen LogP contribution in [0.1, 0.15) is 46.5 Å². The molecule has 1 N–H and O–H groups in total. The number of rotatable bonds is 6. The lowest BCUT2D eigenvalue weighted by Crippen LogP contribution is -2.42. The Kier molecular flexibility index (Phi) is 5.49. The van der Waals surface area contributed by atoms with Gasteiger partial charge < -0.3 is 5.32 Å². The fraction of sp³-hybridized carbons (Fsp3) is 1.00. The molecule has 0 saturated carbocycles. The van der Waals surface area contributed by atoms with Gasteiger partial charge in [0.25, 0.3) is 0 Å². The monoisotopic (exact) mass is 198 g/mol. The molecule has 2 heteroatoms. The van der Waals surface area contributed by atoms with Gasteiger partial charge in [0, 0.05) is 18.6 Å². The topological polar surface area (TPSA) is 15.3 Å². The number of hydrogen-bond donors (Lipinski definition) is 1. The van der Waals surface area contributed by atoms with E-state index in [1.165, 1.54) is 45.3 Å². The quantitative estimate of drug-likeness (QED) is 0.704. The highest BCUT2D eigenvalue weighted by atomic mass is 15.2. The van der Waals surface area contributed by atoms with Gasteiger partial charge >= 0.3 is 0 Å². The van der Waals surface area contributed by atoms with Gasteiger partial charge in [-0.1, -0.05) is 20.3 Å². The van der Waals surface area contributed by atoms with Crippen LogP contribution in [0.4, 0.5) is 0 Å². The Morgan fingerprint density at radius 1 is 1.43 bits per heavy atom. The summed E-state index contributed by atoms with van der Waals surface area (Å²) in [4.78, 5) is 2.62. The number of nitrogens with zero attached hydrogens (tertiary/aromatic N) is 1. The first-order valence-corrected chi connectivity index (χ1v) is 6.25. The van der Waals surface area contributed by atoms with Crippen LogP contribution >= 0.6 is 0 Å². The Labute approximate surface area is 89.1 Å². The van der Waals surface area contributed by atoms with Crippen molar-refractivity contribution in [2.75, 3.05) is 19.6 Å². The average Bonchev–Trinajstić information content (AvgIpc) is 2.66.